The van der Waals surface area contributed by atoms with E-state index in [0.717, 1.165) is 16.5 Å². The normalized spacial score (nSPS) is 13.8. The van der Waals surface area contributed by atoms with Crippen molar-refractivity contribution in [2.45, 2.75) is 6.54 Å². The van der Waals surface area contributed by atoms with Gasteiger partial charge in [0, 0.05) is 18.5 Å². The maximum Gasteiger partial charge on any atom is 0.271 e. The number of carbonyl (C=O) groups is 1. The Labute approximate surface area is 162 Å². The molecule has 0 unspecified atom stereocenters. The minimum absolute atomic E-state index is 0.00326. The lowest BCUT2D eigenvalue weighted by Crippen LogP contribution is -2.51. The number of benzene rings is 2. The summed E-state index contributed by atoms with van der Waals surface area (Å²) in [7, 11) is 0. The predicted molar refractivity (Wildman–Crippen MR) is 109 cm³/mol. The second-order valence-electron chi connectivity index (χ2n) is 6.94. The van der Waals surface area contributed by atoms with Gasteiger partial charge >= 0.3 is 0 Å². The van der Waals surface area contributed by atoms with Crippen LogP contribution in [0.2, 0.25) is 0 Å². The molecule has 1 fully saturated rings. The van der Waals surface area contributed by atoms with E-state index in [9.17, 15) is 14.9 Å². The first-order valence-electron chi connectivity index (χ1n) is 9.15. The summed E-state index contributed by atoms with van der Waals surface area (Å²) >= 11 is 0. The highest BCUT2D eigenvalue weighted by atomic mass is 16.1. The van der Waals surface area contributed by atoms with Gasteiger partial charge in [0.05, 0.1) is 23.7 Å². The van der Waals surface area contributed by atoms with Gasteiger partial charge in [-0.25, -0.2) is 0 Å². The summed E-state index contributed by atoms with van der Waals surface area (Å²) in [5, 5.41) is 10.6. The predicted octanol–water partition coefficient (Wildman–Crippen LogP) is 3.11. The molecule has 1 aromatic heterocycles. The second kappa shape index (κ2) is 7.16. The third kappa shape index (κ3) is 2.89. The molecule has 5 heteroatoms. The van der Waals surface area contributed by atoms with Crippen LogP contribution >= 0.6 is 0 Å². The van der Waals surface area contributed by atoms with Gasteiger partial charge in [-0.2, -0.15) is 5.26 Å². The van der Waals surface area contributed by atoms with E-state index in [1.54, 1.807) is 4.57 Å². The maximum atomic E-state index is 13.2. The van der Waals surface area contributed by atoms with Crippen LogP contribution in [0.5, 0.6) is 0 Å². The SMILES string of the molecule is C=CC(=O)C1CN(c2c(C#N)c(=O)n(Cc3ccccc3)c3ccccc23)C1. The van der Waals surface area contributed by atoms with Crippen molar-refractivity contribution in [2.75, 3.05) is 18.0 Å². The lowest BCUT2D eigenvalue weighted by molar-refractivity contribution is -0.118. The number of hydrogen-bond acceptors (Lipinski definition) is 4. The topological polar surface area (TPSA) is 66.1 Å². The number of para-hydroxylation sites is 1. The number of nitrogens with zero attached hydrogens (tertiary/aromatic N) is 3. The van der Waals surface area contributed by atoms with Crippen LogP contribution in [0.4, 0.5) is 5.69 Å². The average molecular weight is 369 g/mol. The van der Waals surface area contributed by atoms with Crippen LogP contribution in [0.25, 0.3) is 10.9 Å². The molecule has 0 bridgehead atoms. The molecule has 1 aliphatic rings. The molecular weight excluding hydrogens is 350 g/mol. The number of anilines is 1. The van der Waals surface area contributed by atoms with E-state index in [4.69, 9.17) is 0 Å². The minimum atomic E-state index is -0.307. The molecule has 3 aromatic rings. The molecule has 0 N–H and O–H groups in total. The monoisotopic (exact) mass is 369 g/mol. The molecule has 138 valence electrons. The molecule has 2 heterocycles. The van der Waals surface area contributed by atoms with Crippen molar-refractivity contribution in [1.82, 2.24) is 4.57 Å². The molecule has 4 rings (SSSR count). The summed E-state index contributed by atoms with van der Waals surface area (Å²) in [4.78, 5) is 27.0. The summed E-state index contributed by atoms with van der Waals surface area (Å²) in [6, 6.07) is 19.4. The zero-order chi connectivity index (χ0) is 19.7. The Bertz CT molecular complexity index is 1170. The van der Waals surface area contributed by atoms with Crippen LogP contribution < -0.4 is 10.5 Å². The molecule has 2 aromatic carbocycles. The molecule has 0 spiro atoms. The molecule has 28 heavy (non-hydrogen) atoms. The standard InChI is InChI=1S/C23H19N3O2/c1-2-21(27)17-14-25(15-17)22-18-10-6-7-11-20(18)26(23(28)19(22)12-24)13-16-8-4-3-5-9-16/h2-11,17H,1,13-15H2. The van der Waals surface area contributed by atoms with Crippen LogP contribution in [0, 0.1) is 17.2 Å². The smallest absolute Gasteiger partial charge is 0.271 e. The van der Waals surface area contributed by atoms with E-state index in [1.807, 2.05) is 59.5 Å². The fourth-order valence-corrected chi connectivity index (χ4v) is 3.75. The van der Waals surface area contributed by atoms with Crippen LogP contribution in [0.15, 0.2) is 72.0 Å². The van der Waals surface area contributed by atoms with Gasteiger partial charge in [-0.05, 0) is 17.7 Å². The van der Waals surface area contributed by atoms with Gasteiger partial charge in [0.25, 0.3) is 5.56 Å². The third-order valence-electron chi connectivity index (χ3n) is 5.24. The summed E-state index contributed by atoms with van der Waals surface area (Å²) in [5.41, 5.74) is 2.22. The van der Waals surface area contributed by atoms with Crippen molar-refractivity contribution < 1.29 is 4.79 Å². The van der Waals surface area contributed by atoms with Gasteiger partial charge in [0.1, 0.15) is 11.6 Å². The Hall–Kier alpha value is -3.65. The summed E-state index contributed by atoms with van der Waals surface area (Å²) in [5.74, 6) is -0.133. The average Bonchev–Trinajstić information content (AvgIpc) is 2.70. The van der Waals surface area contributed by atoms with E-state index >= 15 is 0 Å². The molecular formula is C23H19N3O2. The third-order valence-corrected chi connectivity index (χ3v) is 5.24. The van der Waals surface area contributed by atoms with Crippen molar-refractivity contribution in [3.8, 4) is 6.07 Å². The summed E-state index contributed by atoms with van der Waals surface area (Å²) < 4.78 is 1.65. The molecule has 0 radical (unpaired) electrons. The first-order chi connectivity index (χ1) is 13.6. The number of ketones is 1. The van der Waals surface area contributed by atoms with Crippen LogP contribution in [0.3, 0.4) is 0 Å². The fourth-order valence-electron chi connectivity index (χ4n) is 3.75. The Balaban J connectivity index is 1.85. The van der Waals surface area contributed by atoms with E-state index in [2.05, 4.69) is 12.6 Å². The van der Waals surface area contributed by atoms with Crippen molar-refractivity contribution in [1.29, 1.82) is 5.26 Å². The van der Waals surface area contributed by atoms with Crippen molar-refractivity contribution in [3.63, 3.8) is 0 Å². The van der Waals surface area contributed by atoms with E-state index < -0.39 is 0 Å². The molecule has 1 aliphatic heterocycles. The number of fused-ring (bicyclic) bond motifs is 1. The number of aromatic nitrogens is 1. The van der Waals surface area contributed by atoms with Crippen LogP contribution in [0.1, 0.15) is 11.1 Å². The van der Waals surface area contributed by atoms with Crippen LogP contribution in [-0.4, -0.2) is 23.4 Å². The van der Waals surface area contributed by atoms with E-state index in [-0.39, 0.29) is 22.8 Å². The zero-order valence-electron chi connectivity index (χ0n) is 15.3. The molecule has 0 atom stereocenters. The van der Waals surface area contributed by atoms with Gasteiger partial charge < -0.3 is 9.47 Å². The number of rotatable bonds is 5. The highest BCUT2D eigenvalue weighted by Crippen LogP contribution is 2.34. The van der Waals surface area contributed by atoms with Crippen molar-refractivity contribution >= 4 is 22.4 Å². The Morgan fingerprint density at radius 3 is 2.50 bits per heavy atom. The maximum absolute atomic E-state index is 13.2. The highest BCUT2D eigenvalue weighted by molar-refractivity contribution is 5.98. The zero-order valence-corrected chi connectivity index (χ0v) is 15.3. The Morgan fingerprint density at radius 1 is 1.14 bits per heavy atom. The Kier molecular flexibility index (Phi) is 4.54. The Morgan fingerprint density at radius 2 is 1.82 bits per heavy atom. The first-order valence-corrected chi connectivity index (χ1v) is 9.15. The summed E-state index contributed by atoms with van der Waals surface area (Å²) in [6.07, 6.45) is 1.34. The molecule has 5 nitrogen and oxygen atoms in total. The lowest BCUT2D eigenvalue weighted by atomic mass is 9.92. The fraction of sp³-hybridized carbons (Fsp3) is 0.174. The number of nitriles is 1. The van der Waals surface area contributed by atoms with Gasteiger partial charge in [0.15, 0.2) is 5.78 Å². The minimum Gasteiger partial charge on any atom is -0.368 e. The first kappa shape index (κ1) is 17.7. The highest BCUT2D eigenvalue weighted by Gasteiger charge is 2.34. The number of hydrogen-bond donors (Lipinski definition) is 0. The van der Waals surface area contributed by atoms with E-state index in [1.165, 1.54) is 6.08 Å². The molecule has 1 saturated heterocycles. The van der Waals surface area contributed by atoms with Gasteiger partial charge in [-0.15, -0.1) is 0 Å². The van der Waals surface area contributed by atoms with Gasteiger partial charge in [-0.1, -0.05) is 55.1 Å². The van der Waals surface area contributed by atoms with Gasteiger partial charge in [0.2, 0.25) is 0 Å². The molecule has 0 aliphatic carbocycles. The molecule has 0 saturated carbocycles. The number of carbonyl (C=O) groups excluding carboxylic acids is 1. The lowest BCUT2D eigenvalue weighted by Gasteiger charge is -2.40. The van der Waals surface area contributed by atoms with Crippen molar-refractivity contribution in [2.24, 2.45) is 5.92 Å². The van der Waals surface area contributed by atoms with E-state index in [0.29, 0.717) is 25.3 Å². The van der Waals surface area contributed by atoms with Gasteiger partial charge in [-0.3, -0.25) is 9.59 Å². The van der Waals surface area contributed by atoms with Crippen molar-refractivity contribution in [3.05, 3.63) is 88.7 Å². The molecule has 0 amide bonds. The van der Waals surface area contributed by atoms with Crippen LogP contribution in [-0.2, 0) is 11.3 Å². The largest absolute Gasteiger partial charge is 0.368 e. The number of pyridine rings is 1. The number of allylic oxidation sites excluding steroid dienone is 1. The second-order valence-corrected chi connectivity index (χ2v) is 6.94. The quantitative estimate of drug-likeness (QED) is 0.648. The summed E-state index contributed by atoms with van der Waals surface area (Å²) in [6.45, 7) is 4.92.